The normalized spacial score (nSPS) is 10.8. The number of carbonyl (C=O) groups excluding carboxylic acids is 1. The molecule has 2 aromatic carbocycles. The Morgan fingerprint density at radius 3 is 2.69 bits per heavy atom. The van der Waals surface area contributed by atoms with E-state index in [2.05, 4.69) is 27.4 Å². The van der Waals surface area contributed by atoms with Crippen LogP contribution in [0.3, 0.4) is 0 Å². The van der Waals surface area contributed by atoms with Crippen molar-refractivity contribution in [2.24, 2.45) is 7.05 Å². The molecule has 0 saturated heterocycles. The quantitative estimate of drug-likeness (QED) is 0.433. The van der Waals surface area contributed by atoms with Crippen LogP contribution in [-0.2, 0) is 11.8 Å². The maximum Gasteiger partial charge on any atom is 0.234 e. The summed E-state index contributed by atoms with van der Waals surface area (Å²) in [5.41, 5.74) is 4.83. The summed E-state index contributed by atoms with van der Waals surface area (Å²) in [6, 6.07) is 17.9. The number of benzene rings is 2. The first-order valence-electron chi connectivity index (χ1n) is 9.12. The first kappa shape index (κ1) is 19.4. The summed E-state index contributed by atoms with van der Waals surface area (Å²) in [7, 11) is 1.97. The number of carbonyl (C=O) groups is 1. The fourth-order valence-corrected chi connectivity index (χ4v) is 4.36. The summed E-state index contributed by atoms with van der Waals surface area (Å²) >= 11 is 3.04. The standard InChI is InChI=1S/C22H20N4OS2/c1-15-24-19(13-28-15)17-9-6-10-18(11-17)25-21(27)14-29-22-23-12-20(26(22)2)16-7-4-3-5-8-16/h3-13H,14H2,1-2H3,(H,25,27). The molecule has 0 radical (unpaired) electrons. The molecule has 0 aliphatic heterocycles. The van der Waals surface area contributed by atoms with Crippen LogP contribution in [-0.4, -0.2) is 26.2 Å². The van der Waals surface area contributed by atoms with Crippen molar-refractivity contribution in [2.45, 2.75) is 12.1 Å². The number of thioether (sulfide) groups is 1. The molecular weight excluding hydrogens is 400 g/mol. The third kappa shape index (κ3) is 4.58. The number of thiazole rings is 1. The number of imidazole rings is 1. The van der Waals surface area contributed by atoms with Crippen LogP contribution in [0.1, 0.15) is 5.01 Å². The van der Waals surface area contributed by atoms with Crippen molar-refractivity contribution < 1.29 is 4.79 Å². The highest BCUT2D eigenvalue weighted by Crippen LogP contribution is 2.26. The molecule has 0 unspecified atom stereocenters. The molecule has 29 heavy (non-hydrogen) atoms. The molecule has 5 nitrogen and oxygen atoms in total. The molecule has 0 bridgehead atoms. The Bertz CT molecular complexity index is 1130. The Kier molecular flexibility index (Phi) is 5.78. The van der Waals surface area contributed by atoms with Gasteiger partial charge in [-0.3, -0.25) is 4.79 Å². The van der Waals surface area contributed by atoms with E-state index in [1.54, 1.807) is 11.3 Å². The third-order valence-corrected chi connectivity index (χ3v) is 6.23. The van der Waals surface area contributed by atoms with E-state index >= 15 is 0 Å². The summed E-state index contributed by atoms with van der Waals surface area (Å²) in [5.74, 6) is 0.227. The average molecular weight is 421 g/mol. The average Bonchev–Trinajstić information content (AvgIpc) is 3.33. The summed E-state index contributed by atoms with van der Waals surface area (Å²) in [5, 5.41) is 6.83. The molecule has 2 heterocycles. The summed E-state index contributed by atoms with van der Waals surface area (Å²) in [6.45, 7) is 1.98. The van der Waals surface area contributed by atoms with Gasteiger partial charge in [0.1, 0.15) is 0 Å². The van der Waals surface area contributed by atoms with Crippen molar-refractivity contribution in [1.82, 2.24) is 14.5 Å². The topological polar surface area (TPSA) is 59.8 Å². The molecule has 4 aromatic rings. The van der Waals surface area contributed by atoms with Gasteiger partial charge in [0, 0.05) is 23.7 Å². The molecule has 146 valence electrons. The van der Waals surface area contributed by atoms with Gasteiger partial charge in [0.2, 0.25) is 5.91 Å². The van der Waals surface area contributed by atoms with Crippen LogP contribution in [0.5, 0.6) is 0 Å². The second-order valence-electron chi connectivity index (χ2n) is 6.52. The molecule has 1 N–H and O–H groups in total. The van der Waals surface area contributed by atoms with Crippen LogP contribution in [0.25, 0.3) is 22.5 Å². The number of hydrogen-bond donors (Lipinski definition) is 1. The van der Waals surface area contributed by atoms with Crippen molar-refractivity contribution in [1.29, 1.82) is 0 Å². The first-order valence-corrected chi connectivity index (χ1v) is 11.0. The molecule has 2 aromatic heterocycles. The van der Waals surface area contributed by atoms with Crippen molar-refractivity contribution in [3.63, 3.8) is 0 Å². The zero-order valence-corrected chi connectivity index (χ0v) is 17.8. The van der Waals surface area contributed by atoms with Crippen LogP contribution in [0.2, 0.25) is 0 Å². The third-order valence-electron chi connectivity index (χ3n) is 4.41. The van der Waals surface area contributed by atoms with Crippen molar-refractivity contribution >= 4 is 34.7 Å². The van der Waals surface area contributed by atoms with Crippen LogP contribution < -0.4 is 5.32 Å². The number of nitrogens with one attached hydrogen (secondary N) is 1. The van der Waals surface area contributed by atoms with Crippen LogP contribution in [0, 0.1) is 6.92 Å². The number of aromatic nitrogens is 3. The van der Waals surface area contributed by atoms with E-state index < -0.39 is 0 Å². The van der Waals surface area contributed by atoms with Crippen LogP contribution in [0.4, 0.5) is 5.69 Å². The van der Waals surface area contributed by atoms with E-state index in [1.165, 1.54) is 11.8 Å². The van der Waals surface area contributed by atoms with E-state index in [-0.39, 0.29) is 5.91 Å². The molecule has 0 aliphatic carbocycles. The number of amides is 1. The highest BCUT2D eigenvalue weighted by atomic mass is 32.2. The number of aryl methyl sites for hydroxylation is 1. The number of hydrogen-bond acceptors (Lipinski definition) is 5. The van der Waals surface area contributed by atoms with E-state index in [0.29, 0.717) is 5.75 Å². The molecule has 1 amide bonds. The highest BCUT2D eigenvalue weighted by molar-refractivity contribution is 7.99. The largest absolute Gasteiger partial charge is 0.325 e. The monoisotopic (exact) mass is 420 g/mol. The molecule has 0 spiro atoms. The Morgan fingerprint density at radius 1 is 1.14 bits per heavy atom. The maximum absolute atomic E-state index is 12.4. The van der Waals surface area contributed by atoms with Gasteiger partial charge >= 0.3 is 0 Å². The fraction of sp³-hybridized carbons (Fsp3) is 0.136. The molecule has 7 heteroatoms. The Morgan fingerprint density at radius 2 is 1.93 bits per heavy atom. The van der Waals surface area contributed by atoms with Gasteiger partial charge < -0.3 is 9.88 Å². The van der Waals surface area contributed by atoms with Crippen molar-refractivity contribution in [2.75, 3.05) is 11.1 Å². The SMILES string of the molecule is Cc1nc(-c2cccc(NC(=O)CSc3ncc(-c4ccccc4)n3C)c2)cs1. The van der Waals surface area contributed by atoms with Gasteiger partial charge in [0.25, 0.3) is 0 Å². The van der Waals surface area contributed by atoms with Crippen molar-refractivity contribution in [3.8, 4) is 22.5 Å². The number of rotatable bonds is 6. The minimum Gasteiger partial charge on any atom is -0.325 e. The van der Waals surface area contributed by atoms with Gasteiger partial charge in [-0.1, -0.05) is 54.2 Å². The molecule has 0 saturated carbocycles. The molecule has 4 rings (SSSR count). The summed E-state index contributed by atoms with van der Waals surface area (Å²) < 4.78 is 2.01. The van der Waals surface area contributed by atoms with Gasteiger partial charge in [-0.15, -0.1) is 11.3 Å². The van der Waals surface area contributed by atoms with E-state index in [4.69, 9.17) is 0 Å². The van der Waals surface area contributed by atoms with Crippen molar-refractivity contribution in [3.05, 3.63) is 71.2 Å². The molecule has 0 atom stereocenters. The van der Waals surface area contributed by atoms with E-state index in [1.807, 2.05) is 72.6 Å². The van der Waals surface area contributed by atoms with Gasteiger partial charge in [0.15, 0.2) is 5.16 Å². The van der Waals surface area contributed by atoms with Gasteiger partial charge in [-0.2, -0.15) is 0 Å². The Labute approximate surface area is 177 Å². The van der Waals surface area contributed by atoms with Crippen LogP contribution >= 0.6 is 23.1 Å². The zero-order valence-electron chi connectivity index (χ0n) is 16.1. The number of anilines is 1. The first-order chi connectivity index (χ1) is 14.1. The zero-order chi connectivity index (χ0) is 20.2. The minimum absolute atomic E-state index is 0.0640. The predicted octanol–water partition coefficient (Wildman–Crippen LogP) is 5.25. The lowest BCUT2D eigenvalue weighted by atomic mass is 10.1. The van der Waals surface area contributed by atoms with E-state index in [9.17, 15) is 4.79 Å². The lowest BCUT2D eigenvalue weighted by Crippen LogP contribution is -2.14. The number of nitrogens with zero attached hydrogens (tertiary/aromatic N) is 3. The summed E-state index contributed by atoms with van der Waals surface area (Å²) in [6.07, 6.45) is 1.84. The maximum atomic E-state index is 12.4. The lowest BCUT2D eigenvalue weighted by molar-refractivity contribution is -0.113. The van der Waals surface area contributed by atoms with Gasteiger partial charge in [-0.25, -0.2) is 9.97 Å². The second-order valence-corrected chi connectivity index (χ2v) is 8.53. The van der Waals surface area contributed by atoms with Crippen LogP contribution in [0.15, 0.2) is 71.3 Å². The van der Waals surface area contributed by atoms with Gasteiger partial charge in [0.05, 0.1) is 28.3 Å². The molecule has 0 fully saturated rings. The highest BCUT2D eigenvalue weighted by Gasteiger charge is 2.12. The summed E-state index contributed by atoms with van der Waals surface area (Å²) in [4.78, 5) is 21.4. The van der Waals surface area contributed by atoms with Gasteiger partial charge in [-0.05, 0) is 24.6 Å². The molecular formula is C22H20N4OS2. The minimum atomic E-state index is -0.0640. The lowest BCUT2D eigenvalue weighted by Gasteiger charge is -2.08. The predicted molar refractivity (Wildman–Crippen MR) is 120 cm³/mol. The second kappa shape index (κ2) is 8.63. The Balaban J connectivity index is 1.39. The Hall–Kier alpha value is -2.90. The fourth-order valence-electron chi connectivity index (χ4n) is 2.98. The smallest absolute Gasteiger partial charge is 0.234 e. The van der Waals surface area contributed by atoms with E-state index in [0.717, 1.165) is 38.4 Å². The molecule has 0 aliphatic rings.